The molecule has 1 atom stereocenters. The Labute approximate surface area is 119 Å². The predicted octanol–water partition coefficient (Wildman–Crippen LogP) is 2.32. The average Bonchev–Trinajstić information content (AvgIpc) is 2.28. The van der Waals surface area contributed by atoms with Crippen LogP contribution in [-0.2, 0) is 14.4 Å². The summed E-state index contributed by atoms with van der Waals surface area (Å²) in [6.07, 6.45) is 0.560. The summed E-state index contributed by atoms with van der Waals surface area (Å²) in [5.41, 5.74) is 0. The molecule has 1 N–H and O–H groups in total. The fraction of sp³-hybridized carbons (Fsp3) is 0.600. The van der Waals surface area contributed by atoms with Gasteiger partial charge in [0.25, 0.3) is 0 Å². The van der Waals surface area contributed by atoms with Gasteiger partial charge in [0.1, 0.15) is 8.28 Å². The van der Waals surface area contributed by atoms with Crippen LogP contribution in [0.2, 0.25) is 0 Å². The number of aliphatic carboxylic acids is 1. The molecule has 100 valence electrons. The molecule has 8 heteroatoms. The molecule has 0 aromatic heterocycles. The molecule has 5 nitrogen and oxygen atoms in total. The Kier molecular flexibility index (Phi) is 12.2. The Morgan fingerprint density at radius 3 is 2.33 bits per heavy atom. The van der Waals surface area contributed by atoms with Crippen LogP contribution >= 0.6 is 35.7 Å². The average molecular weight is 307 g/mol. The fourth-order valence-corrected chi connectivity index (χ4v) is 3.71. The zero-order chi connectivity index (χ0) is 14.6. The van der Waals surface area contributed by atoms with Crippen LogP contribution in [0.4, 0.5) is 0 Å². The van der Waals surface area contributed by atoms with Gasteiger partial charge in [0.2, 0.25) is 0 Å². The number of carbonyl (C=O) groups is 1. The molecular weight excluding hydrogens is 294 g/mol. The maximum atomic E-state index is 10.4. The molecule has 18 heavy (non-hydrogen) atoms. The molecule has 0 rings (SSSR count). The van der Waals surface area contributed by atoms with Gasteiger partial charge in [-0.3, -0.25) is 4.79 Å². The number of hydrogen-bond acceptors (Lipinski definition) is 7. The van der Waals surface area contributed by atoms with Crippen molar-refractivity contribution in [3.8, 4) is 6.07 Å². The molecule has 0 aliphatic heterocycles. The van der Waals surface area contributed by atoms with E-state index in [1.54, 1.807) is 6.92 Å². The van der Waals surface area contributed by atoms with Crippen molar-refractivity contribution in [2.24, 2.45) is 0 Å². The maximum Gasteiger partial charge on any atom is 0.373 e. The van der Waals surface area contributed by atoms with Crippen LogP contribution in [0.1, 0.15) is 26.7 Å². The number of nitrogens with zero attached hydrogens (tertiary/aromatic N) is 1. The van der Waals surface area contributed by atoms with Gasteiger partial charge in [0, 0.05) is 6.42 Å². The van der Waals surface area contributed by atoms with Gasteiger partial charge in [-0.05, 0) is 19.1 Å². The lowest BCUT2D eigenvalue weighted by atomic mass is 10.1. The lowest BCUT2D eigenvalue weighted by Crippen LogP contribution is -2.20. The molecule has 0 saturated carbocycles. The van der Waals surface area contributed by atoms with Crippen molar-refractivity contribution in [3.63, 3.8) is 0 Å². The number of rotatable bonds is 5. The fourth-order valence-electron chi connectivity index (χ4n) is 0.806. The van der Waals surface area contributed by atoms with E-state index in [2.05, 4.69) is 6.07 Å². The minimum absolute atomic E-state index is 0.00351. The first kappa shape index (κ1) is 19.5. The number of hydrogen-bond donors (Lipinski definition) is 1. The van der Waals surface area contributed by atoms with E-state index in [0.717, 1.165) is 5.75 Å². The summed E-state index contributed by atoms with van der Waals surface area (Å²) in [6, 6.07) is 2.12. The summed E-state index contributed by atoms with van der Waals surface area (Å²) >= 11 is 7.86. The van der Waals surface area contributed by atoms with E-state index in [0.29, 0.717) is 9.95 Å². The summed E-state index contributed by atoms with van der Waals surface area (Å²) in [5.74, 6) is -0.0159. The van der Waals surface area contributed by atoms with Crippen LogP contribution in [0.25, 0.3) is 0 Å². The van der Waals surface area contributed by atoms with E-state index < -0.39 is 10.7 Å². The zero-order valence-electron chi connectivity index (χ0n) is 9.97. The molecule has 1 unspecified atom stereocenters. The normalized spacial score (nSPS) is 12.1. The largest absolute Gasteiger partial charge is 0.481 e. The van der Waals surface area contributed by atoms with E-state index in [4.69, 9.17) is 32.2 Å². The van der Waals surface area contributed by atoms with Crippen LogP contribution in [0.5, 0.6) is 0 Å². The maximum absolute atomic E-state index is 10.4. The van der Waals surface area contributed by atoms with Crippen molar-refractivity contribution in [1.82, 2.24) is 0 Å². The number of carboxylic acids is 1. The minimum atomic E-state index is -0.883. The van der Waals surface area contributed by atoms with Gasteiger partial charge in [-0.2, -0.15) is 14.9 Å². The van der Waals surface area contributed by atoms with Crippen LogP contribution in [-0.4, -0.2) is 31.3 Å². The highest BCUT2D eigenvalue weighted by atomic mass is 32.2. The van der Waals surface area contributed by atoms with Gasteiger partial charge in [-0.1, -0.05) is 30.9 Å². The number of carboxylic acid groups (broad SMARTS) is 1. The minimum Gasteiger partial charge on any atom is -0.481 e. The van der Waals surface area contributed by atoms with Crippen LogP contribution < -0.4 is 0 Å². The van der Waals surface area contributed by atoms with Crippen molar-refractivity contribution in [1.29, 1.82) is 5.26 Å². The molecule has 0 spiro atoms. The summed E-state index contributed by atoms with van der Waals surface area (Å²) in [6.45, 7) is 3.71. The summed E-state index contributed by atoms with van der Waals surface area (Å²) in [4.78, 5) is 26.7. The quantitative estimate of drug-likeness (QED) is 0.773. The second-order valence-electron chi connectivity index (χ2n) is 3.10. The first-order valence-electron chi connectivity index (χ1n) is 4.83. The van der Waals surface area contributed by atoms with Gasteiger partial charge in [0.15, 0.2) is 0 Å². The van der Waals surface area contributed by atoms with Crippen LogP contribution in [0, 0.1) is 11.3 Å². The lowest BCUT2D eigenvalue weighted by molar-refractivity contribution is -0.191. The van der Waals surface area contributed by atoms with Crippen molar-refractivity contribution in [2.75, 3.05) is 5.75 Å². The molecule has 0 aromatic carbocycles. The van der Waals surface area contributed by atoms with Crippen LogP contribution in [0.15, 0.2) is 0 Å². The van der Waals surface area contributed by atoms with Gasteiger partial charge < -0.3 is 5.11 Å². The monoisotopic (exact) mass is 307 g/mol. The summed E-state index contributed by atoms with van der Waals surface area (Å²) in [5, 5.41) is 17.5. The Balaban J connectivity index is 0. The van der Waals surface area contributed by atoms with E-state index in [1.807, 2.05) is 6.92 Å². The summed E-state index contributed by atoms with van der Waals surface area (Å²) < 4.78 is -0.0237. The highest BCUT2D eigenvalue weighted by Gasteiger charge is 2.27. The molecule has 0 aliphatic carbocycles. The number of thiocarbonyl (C=S) groups is 1. The summed E-state index contributed by atoms with van der Waals surface area (Å²) in [7, 11) is 0. The van der Waals surface area contributed by atoms with Crippen molar-refractivity contribution < 1.29 is 19.5 Å². The zero-order valence-corrected chi connectivity index (χ0v) is 12.4. The van der Waals surface area contributed by atoms with Crippen LogP contribution in [0.3, 0.4) is 0 Å². The van der Waals surface area contributed by atoms with Gasteiger partial charge in [0.05, 0.1) is 6.07 Å². The number of carbonyl (C=O) groups excluding carboxylic acids is 2. The molecule has 0 saturated heterocycles. The van der Waals surface area contributed by atoms with Crippen molar-refractivity contribution >= 4 is 51.4 Å². The molecule has 0 aromatic rings. The molecule has 0 fully saturated rings. The molecule has 0 radical (unpaired) electrons. The lowest BCUT2D eigenvalue weighted by Gasteiger charge is -2.19. The molecule has 0 heterocycles. The highest BCUT2D eigenvalue weighted by Crippen LogP contribution is 2.34. The smallest absolute Gasteiger partial charge is 0.373 e. The Hall–Kier alpha value is -0.870. The topological polar surface area (TPSA) is 95.2 Å². The SMILES string of the molecule is CCSC(=S)SC(C)(C#N)CCC(=O)O.O=C=O. The van der Waals surface area contributed by atoms with Crippen molar-refractivity contribution in [3.05, 3.63) is 0 Å². The Morgan fingerprint density at radius 1 is 1.50 bits per heavy atom. The second-order valence-corrected chi connectivity index (χ2v) is 7.08. The third kappa shape index (κ3) is 11.6. The second kappa shape index (κ2) is 11.2. The standard InChI is InChI=1S/C9H13NO2S3.CO2/c1-3-14-8(13)15-9(2,6-10)5-4-7(11)12;2-1-3/h3-5H2,1-2H3,(H,11,12);. The number of thioether (sulfide) groups is 2. The number of nitriles is 1. The van der Waals surface area contributed by atoms with Crippen molar-refractivity contribution in [2.45, 2.75) is 31.4 Å². The third-order valence-electron chi connectivity index (χ3n) is 1.62. The van der Waals surface area contributed by atoms with Gasteiger partial charge >= 0.3 is 12.1 Å². The molecule has 0 bridgehead atoms. The van der Waals surface area contributed by atoms with E-state index >= 15 is 0 Å². The van der Waals surface area contributed by atoms with E-state index in [9.17, 15) is 4.79 Å². The molecule has 0 amide bonds. The van der Waals surface area contributed by atoms with Gasteiger partial charge in [-0.25, -0.2) is 0 Å². The molecular formula is C10H13NO4S3. The van der Waals surface area contributed by atoms with Gasteiger partial charge in [-0.15, -0.1) is 11.8 Å². The van der Waals surface area contributed by atoms with E-state index in [1.165, 1.54) is 23.5 Å². The molecule has 0 aliphatic rings. The first-order valence-corrected chi connectivity index (χ1v) is 7.04. The highest BCUT2D eigenvalue weighted by molar-refractivity contribution is 8.47. The Bertz CT molecular complexity index is 361. The first-order chi connectivity index (χ1) is 8.35. The Morgan fingerprint density at radius 2 is 2.00 bits per heavy atom. The van der Waals surface area contributed by atoms with E-state index in [-0.39, 0.29) is 12.6 Å². The third-order valence-corrected chi connectivity index (χ3v) is 4.27. The predicted molar refractivity (Wildman–Crippen MR) is 74.2 cm³/mol.